The second-order valence-electron chi connectivity index (χ2n) is 8.17. The van der Waals surface area contributed by atoms with E-state index in [1.807, 2.05) is 20.1 Å². The zero-order chi connectivity index (χ0) is 26.3. The lowest BCUT2D eigenvalue weighted by Crippen LogP contribution is -2.57. The van der Waals surface area contributed by atoms with Crippen LogP contribution in [0.5, 0.6) is 0 Å². The summed E-state index contributed by atoms with van der Waals surface area (Å²) in [7, 11) is 0. The van der Waals surface area contributed by atoms with Gasteiger partial charge in [-0.05, 0) is 43.6 Å². The number of hydrogen-bond acceptors (Lipinski definition) is 8. The lowest BCUT2D eigenvalue weighted by Gasteiger charge is -2.25. The van der Waals surface area contributed by atoms with E-state index < -0.39 is 47.9 Å². The van der Waals surface area contributed by atoms with Crippen molar-refractivity contribution in [3.8, 4) is 0 Å². The molecule has 0 aromatic rings. The third-order valence-electron chi connectivity index (χ3n) is 4.69. The Morgan fingerprint density at radius 1 is 0.971 bits per heavy atom. The van der Waals surface area contributed by atoms with Gasteiger partial charge < -0.3 is 38.3 Å². The number of carbonyl (C=O) groups excluding carboxylic acids is 3. The van der Waals surface area contributed by atoms with E-state index in [1.165, 1.54) is 11.8 Å². The van der Waals surface area contributed by atoms with Gasteiger partial charge >= 0.3 is 5.97 Å². The Labute approximate surface area is 210 Å². The molecule has 0 aromatic carbocycles. The van der Waals surface area contributed by atoms with E-state index in [2.05, 4.69) is 33.6 Å². The van der Waals surface area contributed by atoms with Gasteiger partial charge in [-0.25, -0.2) is 4.79 Å². The van der Waals surface area contributed by atoms with Crippen LogP contribution in [0.1, 0.15) is 39.5 Å². The van der Waals surface area contributed by atoms with E-state index >= 15 is 0 Å². The maximum atomic E-state index is 12.8. The van der Waals surface area contributed by atoms with Crippen LogP contribution < -0.4 is 33.2 Å². The molecule has 0 radical (unpaired) electrons. The van der Waals surface area contributed by atoms with Crippen LogP contribution in [0.3, 0.4) is 0 Å². The number of thiol groups is 1. The number of aliphatic carboxylic acids is 1. The van der Waals surface area contributed by atoms with Crippen molar-refractivity contribution >= 4 is 54.0 Å². The number of nitrogens with zero attached hydrogens (tertiary/aromatic N) is 1. The van der Waals surface area contributed by atoms with Crippen LogP contribution in [0.25, 0.3) is 0 Å². The molecule has 14 heteroatoms. The molecule has 0 aliphatic rings. The average molecular weight is 522 g/mol. The van der Waals surface area contributed by atoms with Crippen molar-refractivity contribution in [1.82, 2.24) is 16.0 Å². The van der Waals surface area contributed by atoms with Crippen molar-refractivity contribution in [2.24, 2.45) is 28.1 Å². The van der Waals surface area contributed by atoms with Crippen molar-refractivity contribution in [3.63, 3.8) is 0 Å². The number of carboxylic acids is 1. The predicted molar refractivity (Wildman–Crippen MR) is 138 cm³/mol. The first kappa shape index (κ1) is 31.8. The third-order valence-corrected chi connectivity index (χ3v) is 5.69. The molecule has 0 saturated heterocycles. The molecule has 10 N–H and O–H groups in total. The fourth-order valence-electron chi connectivity index (χ4n) is 2.87. The molecule has 34 heavy (non-hydrogen) atoms. The molecule has 0 spiro atoms. The normalized spacial score (nSPS) is 14.4. The first-order chi connectivity index (χ1) is 15.9. The van der Waals surface area contributed by atoms with Crippen LogP contribution >= 0.6 is 24.4 Å². The Morgan fingerprint density at radius 2 is 1.53 bits per heavy atom. The summed E-state index contributed by atoms with van der Waals surface area (Å²) in [6.07, 6.45) is 3.16. The van der Waals surface area contributed by atoms with Crippen LogP contribution in [-0.2, 0) is 19.2 Å². The second-order valence-corrected chi connectivity index (χ2v) is 9.52. The van der Waals surface area contributed by atoms with Gasteiger partial charge in [0.2, 0.25) is 17.7 Å². The summed E-state index contributed by atoms with van der Waals surface area (Å²) in [5.41, 5.74) is 16.4. The Balaban J connectivity index is 5.10. The molecule has 196 valence electrons. The Bertz CT molecular complexity index is 705. The minimum Gasteiger partial charge on any atom is -0.480 e. The Kier molecular flexibility index (Phi) is 16.2. The van der Waals surface area contributed by atoms with Gasteiger partial charge in [0, 0.05) is 12.3 Å². The number of aliphatic imine (C=N–C) groups is 1. The van der Waals surface area contributed by atoms with Gasteiger partial charge in [0.15, 0.2) is 5.96 Å². The van der Waals surface area contributed by atoms with E-state index in [9.17, 15) is 24.3 Å². The molecular formula is C20H39N7O5S2. The minimum absolute atomic E-state index is 0.0275. The fourth-order valence-corrected chi connectivity index (χ4v) is 3.59. The highest BCUT2D eigenvalue weighted by Crippen LogP contribution is 2.08. The number of amides is 3. The Morgan fingerprint density at radius 3 is 2.03 bits per heavy atom. The van der Waals surface area contributed by atoms with Crippen LogP contribution in [0.15, 0.2) is 4.99 Å². The number of nitrogens with two attached hydrogens (primary N) is 3. The van der Waals surface area contributed by atoms with Gasteiger partial charge in [-0.15, -0.1) is 0 Å². The maximum Gasteiger partial charge on any atom is 0.326 e. The molecule has 0 aliphatic heterocycles. The summed E-state index contributed by atoms with van der Waals surface area (Å²) in [5, 5.41) is 17.0. The predicted octanol–water partition coefficient (Wildman–Crippen LogP) is -1.36. The van der Waals surface area contributed by atoms with E-state index in [0.717, 1.165) is 0 Å². The summed E-state index contributed by atoms with van der Waals surface area (Å²) in [6, 6.07) is -3.96. The molecule has 0 fully saturated rings. The Hall–Kier alpha value is -2.19. The zero-order valence-electron chi connectivity index (χ0n) is 20.0. The third kappa shape index (κ3) is 13.5. The molecule has 3 amide bonds. The lowest BCUT2D eigenvalue weighted by molar-refractivity contribution is -0.142. The first-order valence-corrected chi connectivity index (χ1v) is 13.0. The van der Waals surface area contributed by atoms with Crippen molar-refractivity contribution in [1.29, 1.82) is 0 Å². The number of hydrogen-bond donors (Lipinski definition) is 8. The first-order valence-electron chi connectivity index (χ1n) is 11.0. The number of rotatable bonds is 17. The monoisotopic (exact) mass is 521 g/mol. The number of carboxylic acid groups (broad SMARTS) is 1. The fraction of sp³-hybridized carbons (Fsp3) is 0.750. The number of carbonyl (C=O) groups is 4. The minimum atomic E-state index is -1.15. The zero-order valence-corrected chi connectivity index (χ0v) is 21.7. The van der Waals surface area contributed by atoms with Gasteiger partial charge in [-0.2, -0.15) is 24.4 Å². The van der Waals surface area contributed by atoms with Gasteiger partial charge in [-0.3, -0.25) is 19.4 Å². The number of thioether (sulfide) groups is 1. The maximum absolute atomic E-state index is 12.8. The molecule has 0 aliphatic carbocycles. The highest BCUT2D eigenvalue weighted by atomic mass is 32.2. The van der Waals surface area contributed by atoms with Gasteiger partial charge in [-0.1, -0.05) is 13.8 Å². The van der Waals surface area contributed by atoms with Crippen molar-refractivity contribution in [2.75, 3.05) is 24.3 Å². The average Bonchev–Trinajstić information content (AvgIpc) is 2.76. The SMILES string of the molecule is CSCC[C@H](NC(=O)[C@H](CS)NC(=O)[C@@H](N)CCCN=C(N)N)C(=O)N[C@@H](CC(C)C)C(=O)O. The van der Waals surface area contributed by atoms with E-state index in [-0.39, 0.29) is 30.5 Å². The standard InChI is InChI=1S/C20H39N7O5S2/c1-11(2)9-14(19(31)32)26-17(29)13(6-8-34-3)25-18(30)15(10-33)27-16(28)12(21)5-4-7-24-20(22)23/h11-15,33H,4-10,21H2,1-3H3,(H,25,30)(H,26,29)(H,27,28)(H,31,32)(H4,22,23,24)/t12-,13-,14-,15-/m0/s1. The quantitative estimate of drug-likeness (QED) is 0.0490. The second kappa shape index (κ2) is 17.3. The van der Waals surface area contributed by atoms with Crippen molar-refractivity contribution < 1.29 is 24.3 Å². The van der Waals surface area contributed by atoms with Crippen molar-refractivity contribution in [2.45, 2.75) is 63.7 Å². The summed E-state index contributed by atoms with van der Waals surface area (Å²) >= 11 is 5.60. The molecular weight excluding hydrogens is 482 g/mol. The molecule has 0 heterocycles. The summed E-state index contributed by atoms with van der Waals surface area (Å²) in [6.45, 7) is 4.02. The van der Waals surface area contributed by atoms with Crippen LogP contribution in [-0.4, -0.2) is 83.2 Å². The van der Waals surface area contributed by atoms with E-state index in [1.54, 1.807) is 0 Å². The lowest BCUT2D eigenvalue weighted by atomic mass is 10.0. The van der Waals surface area contributed by atoms with Crippen molar-refractivity contribution in [3.05, 3.63) is 0 Å². The molecule has 0 aromatic heterocycles. The van der Waals surface area contributed by atoms with Gasteiger partial charge in [0.25, 0.3) is 0 Å². The highest BCUT2D eigenvalue weighted by molar-refractivity contribution is 7.98. The summed E-state index contributed by atoms with van der Waals surface area (Å²) in [4.78, 5) is 53.2. The molecule has 12 nitrogen and oxygen atoms in total. The van der Waals surface area contributed by atoms with Gasteiger partial charge in [0.05, 0.1) is 6.04 Å². The molecule has 0 rings (SSSR count). The van der Waals surface area contributed by atoms with Crippen LogP contribution in [0, 0.1) is 5.92 Å². The van der Waals surface area contributed by atoms with Crippen LogP contribution in [0.4, 0.5) is 0 Å². The highest BCUT2D eigenvalue weighted by Gasteiger charge is 2.29. The molecule has 0 saturated carbocycles. The van der Waals surface area contributed by atoms with E-state index in [0.29, 0.717) is 25.1 Å². The number of nitrogens with one attached hydrogen (secondary N) is 3. The summed E-state index contributed by atoms with van der Waals surface area (Å²) in [5.74, 6) is -2.39. The van der Waals surface area contributed by atoms with Gasteiger partial charge in [0.1, 0.15) is 18.1 Å². The van der Waals surface area contributed by atoms with Crippen LogP contribution in [0.2, 0.25) is 0 Å². The largest absolute Gasteiger partial charge is 0.480 e. The topological polar surface area (TPSA) is 215 Å². The molecule has 0 bridgehead atoms. The molecule has 0 unspecified atom stereocenters. The number of guanidine groups is 1. The summed E-state index contributed by atoms with van der Waals surface area (Å²) < 4.78 is 0. The molecule has 4 atom stereocenters. The van der Waals surface area contributed by atoms with E-state index in [4.69, 9.17) is 17.2 Å². The smallest absolute Gasteiger partial charge is 0.326 e.